The van der Waals surface area contributed by atoms with Crippen LogP contribution in [0.5, 0.6) is 0 Å². The SMILES string of the molecule is CCC(CC1CC1)NS(=O)(=O)c1ccc(CCO)cc1. The summed E-state index contributed by atoms with van der Waals surface area (Å²) in [5.74, 6) is 0.703. The second-order valence-electron chi connectivity index (χ2n) is 5.52. The quantitative estimate of drug-likeness (QED) is 0.772. The molecule has 1 aromatic carbocycles. The minimum atomic E-state index is -3.43. The number of hydrogen-bond donors (Lipinski definition) is 2. The van der Waals surface area contributed by atoms with Crippen LogP contribution in [0.4, 0.5) is 0 Å². The molecule has 1 aliphatic carbocycles. The number of hydrogen-bond acceptors (Lipinski definition) is 3. The number of benzene rings is 1. The van der Waals surface area contributed by atoms with Gasteiger partial charge in [-0.25, -0.2) is 13.1 Å². The molecule has 0 aromatic heterocycles. The molecule has 1 atom stereocenters. The molecule has 112 valence electrons. The van der Waals surface area contributed by atoms with Crippen LogP contribution in [0.3, 0.4) is 0 Å². The molecule has 0 heterocycles. The van der Waals surface area contributed by atoms with Crippen molar-refractivity contribution in [3.05, 3.63) is 29.8 Å². The molecule has 2 rings (SSSR count). The average Bonchev–Trinajstić information content (AvgIpc) is 3.23. The van der Waals surface area contributed by atoms with Crippen molar-refractivity contribution in [3.63, 3.8) is 0 Å². The minimum Gasteiger partial charge on any atom is -0.396 e. The molecule has 1 aromatic rings. The molecule has 0 spiro atoms. The first-order valence-electron chi connectivity index (χ1n) is 7.27. The van der Waals surface area contributed by atoms with Gasteiger partial charge in [0, 0.05) is 12.6 Å². The number of sulfonamides is 1. The number of aliphatic hydroxyl groups excluding tert-OH is 1. The Bertz CT molecular complexity index is 521. The minimum absolute atomic E-state index is 0.0321. The molecule has 4 nitrogen and oxygen atoms in total. The van der Waals surface area contributed by atoms with Gasteiger partial charge in [0.1, 0.15) is 0 Å². The standard InChI is InChI=1S/C15H23NO3S/c1-2-14(11-13-3-4-13)16-20(18,19)15-7-5-12(6-8-15)9-10-17/h5-8,13-14,16-17H,2-4,9-11H2,1H3. The van der Waals surface area contributed by atoms with Crippen LogP contribution >= 0.6 is 0 Å². The lowest BCUT2D eigenvalue weighted by molar-refractivity contribution is 0.299. The van der Waals surface area contributed by atoms with Crippen LogP contribution in [0, 0.1) is 5.92 Å². The first kappa shape index (κ1) is 15.5. The third kappa shape index (κ3) is 4.30. The van der Waals surface area contributed by atoms with Crippen LogP contribution in [0.15, 0.2) is 29.2 Å². The normalized spacial score (nSPS) is 17.1. The molecule has 2 N–H and O–H groups in total. The van der Waals surface area contributed by atoms with Crippen molar-refractivity contribution < 1.29 is 13.5 Å². The first-order valence-corrected chi connectivity index (χ1v) is 8.75. The van der Waals surface area contributed by atoms with Gasteiger partial charge >= 0.3 is 0 Å². The van der Waals surface area contributed by atoms with Crippen molar-refractivity contribution in [3.8, 4) is 0 Å². The van der Waals surface area contributed by atoms with E-state index in [1.54, 1.807) is 24.3 Å². The average molecular weight is 297 g/mol. The zero-order valence-corrected chi connectivity index (χ0v) is 12.7. The Kier molecular flexibility index (Phi) is 5.18. The lowest BCUT2D eigenvalue weighted by Gasteiger charge is -2.17. The van der Waals surface area contributed by atoms with E-state index in [1.165, 1.54) is 12.8 Å². The predicted octanol–water partition coefficient (Wildman–Crippen LogP) is 2.08. The largest absolute Gasteiger partial charge is 0.396 e. The van der Waals surface area contributed by atoms with Gasteiger partial charge in [0.25, 0.3) is 0 Å². The van der Waals surface area contributed by atoms with E-state index >= 15 is 0 Å². The van der Waals surface area contributed by atoms with Crippen LogP contribution in [0.1, 0.15) is 38.2 Å². The highest BCUT2D eigenvalue weighted by Crippen LogP contribution is 2.34. The van der Waals surface area contributed by atoms with Gasteiger partial charge in [-0.2, -0.15) is 0 Å². The van der Waals surface area contributed by atoms with E-state index in [0.29, 0.717) is 17.2 Å². The van der Waals surface area contributed by atoms with E-state index in [-0.39, 0.29) is 12.6 Å². The molecule has 0 amide bonds. The summed E-state index contributed by atoms with van der Waals surface area (Å²) in [5.41, 5.74) is 0.941. The molecule has 1 saturated carbocycles. The summed E-state index contributed by atoms with van der Waals surface area (Å²) in [6.45, 7) is 2.09. The fourth-order valence-corrected chi connectivity index (χ4v) is 3.64. The van der Waals surface area contributed by atoms with Gasteiger partial charge in [-0.3, -0.25) is 0 Å². The fourth-order valence-electron chi connectivity index (χ4n) is 2.31. The van der Waals surface area contributed by atoms with E-state index < -0.39 is 10.0 Å². The Morgan fingerprint density at radius 3 is 2.45 bits per heavy atom. The maximum atomic E-state index is 12.3. The summed E-state index contributed by atoms with van der Waals surface area (Å²) in [7, 11) is -3.43. The van der Waals surface area contributed by atoms with E-state index in [0.717, 1.165) is 18.4 Å². The Morgan fingerprint density at radius 2 is 1.95 bits per heavy atom. The summed E-state index contributed by atoms with van der Waals surface area (Å²) >= 11 is 0. The molecule has 20 heavy (non-hydrogen) atoms. The maximum Gasteiger partial charge on any atom is 0.240 e. The van der Waals surface area contributed by atoms with Crippen molar-refractivity contribution in [2.24, 2.45) is 5.92 Å². The van der Waals surface area contributed by atoms with Gasteiger partial charge in [-0.05, 0) is 42.9 Å². The van der Waals surface area contributed by atoms with E-state index in [9.17, 15) is 8.42 Å². The molecule has 1 fully saturated rings. The number of rotatable bonds is 8. The highest BCUT2D eigenvalue weighted by molar-refractivity contribution is 7.89. The lowest BCUT2D eigenvalue weighted by atomic mass is 10.1. The Hall–Kier alpha value is -0.910. The Morgan fingerprint density at radius 1 is 1.30 bits per heavy atom. The summed E-state index contributed by atoms with van der Waals surface area (Å²) in [5, 5.41) is 8.86. The van der Waals surface area contributed by atoms with Crippen LogP contribution < -0.4 is 4.72 Å². The third-order valence-corrected chi connectivity index (χ3v) is 5.30. The summed E-state index contributed by atoms with van der Waals surface area (Å²) in [6, 6.07) is 6.76. The van der Waals surface area contributed by atoms with E-state index in [2.05, 4.69) is 4.72 Å². The molecule has 0 radical (unpaired) electrons. The molecule has 5 heteroatoms. The van der Waals surface area contributed by atoms with Gasteiger partial charge in [-0.15, -0.1) is 0 Å². The smallest absolute Gasteiger partial charge is 0.240 e. The van der Waals surface area contributed by atoms with Crippen molar-refractivity contribution >= 4 is 10.0 Å². The number of nitrogens with one attached hydrogen (secondary N) is 1. The second kappa shape index (κ2) is 6.70. The summed E-state index contributed by atoms with van der Waals surface area (Å²) in [6.07, 6.45) is 4.77. The van der Waals surface area contributed by atoms with Crippen LogP contribution in [-0.2, 0) is 16.4 Å². The van der Waals surface area contributed by atoms with Gasteiger partial charge in [0.15, 0.2) is 0 Å². The van der Waals surface area contributed by atoms with Gasteiger partial charge in [0.2, 0.25) is 10.0 Å². The van der Waals surface area contributed by atoms with Crippen molar-refractivity contribution in [1.82, 2.24) is 4.72 Å². The maximum absolute atomic E-state index is 12.3. The van der Waals surface area contributed by atoms with Crippen LogP contribution in [0.2, 0.25) is 0 Å². The topological polar surface area (TPSA) is 66.4 Å². The summed E-state index contributed by atoms with van der Waals surface area (Å²) < 4.78 is 27.4. The van der Waals surface area contributed by atoms with Gasteiger partial charge < -0.3 is 5.11 Å². The molecular weight excluding hydrogens is 274 g/mol. The number of aliphatic hydroxyl groups is 1. The molecule has 0 aliphatic heterocycles. The van der Waals surface area contributed by atoms with E-state index in [4.69, 9.17) is 5.11 Å². The van der Waals surface area contributed by atoms with Crippen molar-refractivity contribution in [2.45, 2.75) is 50.0 Å². The third-order valence-electron chi connectivity index (χ3n) is 3.76. The van der Waals surface area contributed by atoms with Crippen LogP contribution in [0.25, 0.3) is 0 Å². The van der Waals surface area contributed by atoms with Gasteiger partial charge in [-0.1, -0.05) is 31.9 Å². The second-order valence-corrected chi connectivity index (χ2v) is 7.24. The highest BCUT2D eigenvalue weighted by Gasteiger charge is 2.27. The van der Waals surface area contributed by atoms with Crippen LogP contribution in [-0.4, -0.2) is 26.2 Å². The van der Waals surface area contributed by atoms with E-state index in [1.807, 2.05) is 6.92 Å². The zero-order chi connectivity index (χ0) is 14.6. The molecule has 1 unspecified atom stereocenters. The zero-order valence-electron chi connectivity index (χ0n) is 11.9. The Labute approximate surface area is 121 Å². The van der Waals surface area contributed by atoms with Crippen molar-refractivity contribution in [2.75, 3.05) is 6.61 Å². The predicted molar refractivity (Wildman–Crippen MR) is 79.0 cm³/mol. The van der Waals surface area contributed by atoms with Gasteiger partial charge in [0.05, 0.1) is 4.90 Å². The highest BCUT2D eigenvalue weighted by atomic mass is 32.2. The monoisotopic (exact) mass is 297 g/mol. The molecule has 1 aliphatic rings. The molecule has 0 bridgehead atoms. The lowest BCUT2D eigenvalue weighted by Crippen LogP contribution is -2.34. The fraction of sp³-hybridized carbons (Fsp3) is 0.600. The molecular formula is C15H23NO3S. The summed E-state index contributed by atoms with van der Waals surface area (Å²) in [4.78, 5) is 0.299. The Balaban J connectivity index is 2.03. The first-order chi connectivity index (χ1) is 9.55. The molecule has 0 saturated heterocycles. The van der Waals surface area contributed by atoms with Crippen molar-refractivity contribution in [1.29, 1.82) is 0 Å².